The number of ether oxygens (including phenoxy) is 7. The summed E-state index contributed by atoms with van der Waals surface area (Å²) >= 11 is 0. The normalized spacial score (nSPS) is 58.0. The molecular formula is C47H78O19. The van der Waals surface area contributed by atoms with E-state index < -0.39 is 145 Å². The molecule has 26 atom stereocenters. The summed E-state index contributed by atoms with van der Waals surface area (Å²) in [4.78, 5) is 0. The molecule has 66 heavy (non-hydrogen) atoms. The Morgan fingerprint density at radius 3 is 1.83 bits per heavy atom. The molecule has 5 aliphatic carbocycles. The number of hydrogen-bond acceptors (Lipinski definition) is 19. The SMILES string of the molecule is CC(C)(OC1OC(CO)C(O)C(O)C1O)C1COC(C)(C2C(O)CC3(C)C4CC(OC5OC(CO)C(O)C(O)C5O)C5C(C)(C)C(OC6OCC(O)C(O)C6O)CCC56CC46CCC23C)C1. The third-order valence-electron chi connectivity index (χ3n) is 20.0. The van der Waals surface area contributed by atoms with E-state index in [0.29, 0.717) is 25.7 Å². The van der Waals surface area contributed by atoms with E-state index in [4.69, 9.17) is 33.2 Å². The van der Waals surface area contributed by atoms with E-state index in [1.54, 1.807) is 0 Å². The number of fused-ring (bicyclic) bond motifs is 2. The minimum Gasteiger partial charge on any atom is -0.394 e. The molecule has 380 valence electrons. The summed E-state index contributed by atoms with van der Waals surface area (Å²) in [6.07, 6.45) is -16.4. The molecule has 0 aromatic carbocycles. The van der Waals surface area contributed by atoms with Gasteiger partial charge in [-0.2, -0.15) is 0 Å². The lowest BCUT2D eigenvalue weighted by Gasteiger charge is -2.65. The molecule has 4 aliphatic heterocycles. The monoisotopic (exact) mass is 947 g/mol. The fourth-order valence-electron chi connectivity index (χ4n) is 16.4. The quantitative estimate of drug-likeness (QED) is 0.110. The first-order valence-electron chi connectivity index (χ1n) is 24.3. The van der Waals surface area contributed by atoms with Crippen molar-refractivity contribution in [1.82, 2.24) is 0 Å². The molecule has 9 aliphatic rings. The molecule has 0 aromatic heterocycles. The molecule has 26 unspecified atom stereocenters. The van der Waals surface area contributed by atoms with Crippen LogP contribution < -0.4 is 0 Å². The average molecular weight is 947 g/mol. The summed E-state index contributed by atoms with van der Waals surface area (Å²) in [5, 5.41) is 129. The second-order valence-corrected chi connectivity index (χ2v) is 23.9. The molecule has 5 saturated carbocycles. The Balaban J connectivity index is 1.01. The second kappa shape index (κ2) is 16.9. The predicted octanol–water partition coefficient (Wildman–Crippen LogP) is -1.59. The lowest BCUT2D eigenvalue weighted by atomic mass is 9.41. The molecule has 12 N–H and O–H groups in total. The predicted molar refractivity (Wildman–Crippen MR) is 226 cm³/mol. The van der Waals surface area contributed by atoms with Crippen molar-refractivity contribution in [2.75, 3.05) is 26.4 Å². The van der Waals surface area contributed by atoms with Gasteiger partial charge in [-0.15, -0.1) is 0 Å². The van der Waals surface area contributed by atoms with Crippen LogP contribution in [0.15, 0.2) is 0 Å². The van der Waals surface area contributed by atoms with Gasteiger partial charge in [-0.1, -0.05) is 27.7 Å². The zero-order valence-corrected chi connectivity index (χ0v) is 39.3. The smallest absolute Gasteiger partial charge is 0.187 e. The first kappa shape index (κ1) is 50.2. The van der Waals surface area contributed by atoms with Gasteiger partial charge in [0.15, 0.2) is 18.9 Å². The van der Waals surface area contributed by atoms with Crippen LogP contribution in [0.1, 0.15) is 99.8 Å². The van der Waals surface area contributed by atoms with Crippen LogP contribution in [0.3, 0.4) is 0 Å². The molecule has 9 fully saturated rings. The van der Waals surface area contributed by atoms with Crippen molar-refractivity contribution in [1.29, 1.82) is 0 Å². The van der Waals surface area contributed by atoms with Crippen LogP contribution in [0.5, 0.6) is 0 Å². The van der Waals surface area contributed by atoms with Crippen molar-refractivity contribution in [2.45, 2.75) is 215 Å². The molecule has 19 heteroatoms. The Hall–Kier alpha value is -0.760. The lowest BCUT2D eigenvalue weighted by Crippen LogP contribution is -2.65. The van der Waals surface area contributed by atoms with Gasteiger partial charge < -0.3 is 94.4 Å². The average Bonchev–Trinajstić information content (AvgIpc) is 3.63. The van der Waals surface area contributed by atoms with Gasteiger partial charge >= 0.3 is 0 Å². The van der Waals surface area contributed by atoms with Crippen LogP contribution in [-0.2, 0) is 33.2 Å². The Morgan fingerprint density at radius 1 is 0.591 bits per heavy atom. The first-order valence-corrected chi connectivity index (χ1v) is 24.3. The maximum atomic E-state index is 12.5. The summed E-state index contributed by atoms with van der Waals surface area (Å²) in [5.74, 6) is -0.760. The lowest BCUT2D eigenvalue weighted by molar-refractivity contribution is -0.339. The van der Waals surface area contributed by atoms with E-state index in [9.17, 15) is 61.3 Å². The molecule has 0 aromatic rings. The van der Waals surface area contributed by atoms with Gasteiger partial charge in [0.1, 0.15) is 67.1 Å². The van der Waals surface area contributed by atoms with Crippen molar-refractivity contribution in [2.24, 2.45) is 50.7 Å². The molecular weight excluding hydrogens is 868 g/mol. The van der Waals surface area contributed by atoms with E-state index in [-0.39, 0.29) is 47.7 Å². The van der Waals surface area contributed by atoms with Gasteiger partial charge in [0.05, 0.1) is 55.9 Å². The fourth-order valence-corrected chi connectivity index (χ4v) is 16.4. The topological polar surface area (TPSA) is 307 Å². The van der Waals surface area contributed by atoms with Gasteiger partial charge in [0.2, 0.25) is 0 Å². The molecule has 0 amide bonds. The molecule has 2 spiro atoms. The van der Waals surface area contributed by atoms with Crippen molar-refractivity contribution in [3.05, 3.63) is 0 Å². The van der Waals surface area contributed by atoms with Crippen LogP contribution in [-0.4, -0.2) is 203 Å². The van der Waals surface area contributed by atoms with Crippen molar-refractivity contribution in [3.8, 4) is 0 Å². The third-order valence-corrected chi connectivity index (χ3v) is 20.0. The molecule has 9 rings (SSSR count). The Bertz CT molecular complexity index is 1770. The van der Waals surface area contributed by atoms with Crippen LogP contribution in [0.4, 0.5) is 0 Å². The standard InChI is InChI=1S/C47H78O19/c1-41(2)27(65-38-33(57)28(52)22(51)18-60-38)8-9-47-19-46(47)11-10-43(5)36(45(7)13-20(17-61-45)42(3,4)66-40-35(59)32(56)30(54)25(16-49)64-40)21(50)14-44(43,6)26(46)12-23(37(41)47)62-39-34(58)31(55)29(53)24(15-48)63-39/h20-40,48-59H,8-19H2,1-7H3. The summed E-state index contributed by atoms with van der Waals surface area (Å²) in [7, 11) is 0. The summed E-state index contributed by atoms with van der Waals surface area (Å²) in [5.41, 5.74) is -3.79. The van der Waals surface area contributed by atoms with E-state index in [1.807, 2.05) is 13.8 Å². The Kier molecular flexibility index (Phi) is 12.9. The van der Waals surface area contributed by atoms with Crippen molar-refractivity contribution in [3.63, 3.8) is 0 Å². The minimum atomic E-state index is -1.65. The van der Waals surface area contributed by atoms with E-state index >= 15 is 0 Å². The van der Waals surface area contributed by atoms with E-state index in [2.05, 4.69) is 34.6 Å². The zero-order chi connectivity index (χ0) is 48.1. The highest BCUT2D eigenvalue weighted by Gasteiger charge is 2.85. The maximum absolute atomic E-state index is 12.5. The highest BCUT2D eigenvalue weighted by Crippen LogP contribution is 2.89. The van der Waals surface area contributed by atoms with Crippen molar-refractivity contribution < 1.29 is 94.4 Å². The van der Waals surface area contributed by atoms with Crippen LogP contribution >= 0.6 is 0 Å². The molecule has 19 nitrogen and oxygen atoms in total. The van der Waals surface area contributed by atoms with Gasteiger partial charge in [-0.05, 0) is 111 Å². The Labute approximate surface area is 386 Å². The summed E-state index contributed by atoms with van der Waals surface area (Å²) in [6, 6.07) is 0. The van der Waals surface area contributed by atoms with Crippen LogP contribution in [0, 0.1) is 50.7 Å². The maximum Gasteiger partial charge on any atom is 0.187 e. The first-order chi connectivity index (χ1) is 30.8. The third kappa shape index (κ3) is 7.22. The molecule has 4 heterocycles. The van der Waals surface area contributed by atoms with Crippen LogP contribution in [0.2, 0.25) is 0 Å². The minimum absolute atomic E-state index is 0.00898. The van der Waals surface area contributed by atoms with Gasteiger partial charge in [-0.25, -0.2) is 0 Å². The highest BCUT2D eigenvalue weighted by atomic mass is 16.7. The summed E-state index contributed by atoms with van der Waals surface area (Å²) < 4.78 is 44.1. The number of aliphatic hydroxyl groups is 12. The van der Waals surface area contributed by atoms with E-state index in [0.717, 1.165) is 25.7 Å². The van der Waals surface area contributed by atoms with Gasteiger partial charge in [0.25, 0.3) is 0 Å². The van der Waals surface area contributed by atoms with Gasteiger partial charge in [-0.3, -0.25) is 0 Å². The number of aliphatic hydroxyl groups excluding tert-OH is 12. The van der Waals surface area contributed by atoms with Gasteiger partial charge in [0, 0.05) is 11.8 Å². The summed E-state index contributed by atoms with van der Waals surface area (Å²) in [6.45, 7) is 13.4. The molecule has 4 saturated heterocycles. The molecule has 0 bridgehead atoms. The zero-order valence-electron chi connectivity index (χ0n) is 39.3. The largest absolute Gasteiger partial charge is 0.394 e. The fraction of sp³-hybridized carbons (Fsp3) is 1.00. The second-order valence-electron chi connectivity index (χ2n) is 23.9. The van der Waals surface area contributed by atoms with E-state index in [1.165, 1.54) is 0 Å². The number of rotatable bonds is 10. The van der Waals surface area contributed by atoms with Crippen molar-refractivity contribution >= 4 is 0 Å². The molecule has 0 radical (unpaired) electrons. The Morgan fingerprint density at radius 2 is 1.20 bits per heavy atom. The number of hydrogen-bond donors (Lipinski definition) is 12. The highest BCUT2D eigenvalue weighted by molar-refractivity contribution is 5.33. The van der Waals surface area contributed by atoms with Crippen LogP contribution in [0.25, 0.3) is 0 Å².